The molecule has 0 spiro atoms. The van der Waals surface area contributed by atoms with E-state index >= 15 is 0 Å². The normalized spacial score (nSPS) is 18.3. The maximum Gasteiger partial charge on any atom is 0.409 e. The first-order valence-electron chi connectivity index (χ1n) is 11.8. The van der Waals surface area contributed by atoms with Gasteiger partial charge in [0, 0.05) is 14.1 Å². The lowest BCUT2D eigenvalue weighted by Crippen LogP contribution is -2.39. The Morgan fingerprint density at radius 3 is 2.67 bits per heavy atom. The van der Waals surface area contributed by atoms with Crippen LogP contribution in [0.3, 0.4) is 0 Å². The van der Waals surface area contributed by atoms with Crippen LogP contribution in [0.4, 0.5) is 9.18 Å². The fourth-order valence-corrected chi connectivity index (χ4v) is 4.68. The number of amides is 1. The van der Waals surface area contributed by atoms with Gasteiger partial charge in [-0.25, -0.2) is 23.8 Å². The Morgan fingerprint density at radius 1 is 1.24 bits per heavy atom. The molecule has 180 valence electrons. The Morgan fingerprint density at radius 2 is 1.97 bits per heavy atom. The lowest BCUT2D eigenvalue weighted by Gasteiger charge is -2.25. The molecule has 2 heterocycles. The second-order valence-corrected chi connectivity index (χ2v) is 9.30. The molecule has 2 aromatic rings. The smallest absolute Gasteiger partial charge is 0.409 e. The van der Waals surface area contributed by atoms with E-state index in [-0.39, 0.29) is 19.3 Å². The molecular formula is C23H33FN6O3. The number of halogens is 1. The van der Waals surface area contributed by atoms with Crippen molar-refractivity contribution in [2.75, 3.05) is 13.6 Å². The molecule has 0 bridgehead atoms. The van der Waals surface area contributed by atoms with Crippen LogP contribution in [0.25, 0.3) is 11.4 Å². The van der Waals surface area contributed by atoms with Gasteiger partial charge in [0.25, 0.3) is 0 Å². The van der Waals surface area contributed by atoms with Gasteiger partial charge in [0.1, 0.15) is 41.2 Å². The highest BCUT2D eigenvalue weighted by Crippen LogP contribution is 2.34. The van der Waals surface area contributed by atoms with Crippen LogP contribution >= 0.6 is 0 Å². The summed E-state index contributed by atoms with van der Waals surface area (Å²) in [6.07, 6.45) is 9.60. The molecule has 0 radical (unpaired) electrons. The molecule has 0 saturated heterocycles. The largest absolute Gasteiger partial charge is 0.473 e. The fraction of sp³-hybridized carbons (Fsp3) is 0.696. The molecule has 9 nitrogen and oxygen atoms in total. The molecule has 2 aliphatic carbocycles. The predicted molar refractivity (Wildman–Crippen MR) is 119 cm³/mol. The summed E-state index contributed by atoms with van der Waals surface area (Å²) in [5.74, 6) is 0.538. The van der Waals surface area contributed by atoms with Crippen molar-refractivity contribution in [2.24, 2.45) is 7.05 Å². The third-order valence-electron chi connectivity index (χ3n) is 6.58. The second-order valence-electron chi connectivity index (χ2n) is 9.30. The van der Waals surface area contributed by atoms with E-state index in [0.29, 0.717) is 41.5 Å². The van der Waals surface area contributed by atoms with Crippen LogP contribution in [-0.4, -0.2) is 61.3 Å². The van der Waals surface area contributed by atoms with E-state index in [4.69, 9.17) is 9.47 Å². The average molecular weight is 461 g/mol. The summed E-state index contributed by atoms with van der Waals surface area (Å²) in [6, 6.07) is 0. The summed E-state index contributed by atoms with van der Waals surface area (Å²) < 4.78 is 27.8. The minimum atomic E-state index is -1.32. The molecule has 2 saturated carbocycles. The van der Waals surface area contributed by atoms with Crippen LogP contribution in [0.1, 0.15) is 69.2 Å². The van der Waals surface area contributed by atoms with E-state index in [1.807, 2.05) is 6.92 Å². The molecule has 0 aromatic carbocycles. The van der Waals surface area contributed by atoms with Gasteiger partial charge in [-0.2, -0.15) is 0 Å². The van der Waals surface area contributed by atoms with Gasteiger partial charge >= 0.3 is 6.09 Å². The zero-order chi connectivity index (χ0) is 23.4. The van der Waals surface area contributed by atoms with E-state index in [1.165, 1.54) is 24.2 Å². The van der Waals surface area contributed by atoms with E-state index < -0.39 is 11.8 Å². The third kappa shape index (κ3) is 5.59. The van der Waals surface area contributed by atoms with Crippen molar-refractivity contribution < 1.29 is 18.7 Å². The van der Waals surface area contributed by atoms with Gasteiger partial charge in [-0.05, 0) is 45.4 Å². The first-order valence-corrected chi connectivity index (χ1v) is 11.8. The summed E-state index contributed by atoms with van der Waals surface area (Å²) in [5, 5.41) is 8.25. The van der Waals surface area contributed by atoms with Gasteiger partial charge < -0.3 is 14.4 Å². The molecule has 2 aromatic heterocycles. The SMILES string of the molecule is Cc1nc(-c2nnn(C)c2COC(=O)N(C)CC2(F)CCCC2)cnc1OC1CCCCC1. The second kappa shape index (κ2) is 10.0. The number of carbonyl (C=O) groups is 1. The zero-order valence-electron chi connectivity index (χ0n) is 19.7. The highest BCUT2D eigenvalue weighted by Gasteiger charge is 2.36. The third-order valence-corrected chi connectivity index (χ3v) is 6.58. The molecular weight excluding hydrogens is 427 g/mol. The van der Waals surface area contributed by atoms with Gasteiger partial charge in [-0.1, -0.05) is 24.5 Å². The van der Waals surface area contributed by atoms with Crippen LogP contribution < -0.4 is 4.74 Å². The van der Waals surface area contributed by atoms with Crippen molar-refractivity contribution in [3.8, 4) is 17.3 Å². The highest BCUT2D eigenvalue weighted by atomic mass is 19.1. The quantitative estimate of drug-likeness (QED) is 0.613. The highest BCUT2D eigenvalue weighted by molar-refractivity contribution is 5.67. The molecule has 0 aliphatic heterocycles. The Labute approximate surface area is 193 Å². The Hall–Kier alpha value is -2.78. The molecule has 2 fully saturated rings. The molecule has 1 amide bonds. The van der Waals surface area contributed by atoms with Gasteiger partial charge in [-0.3, -0.25) is 0 Å². The van der Waals surface area contributed by atoms with Gasteiger partial charge in [0.05, 0.1) is 12.7 Å². The van der Waals surface area contributed by atoms with E-state index in [9.17, 15) is 9.18 Å². The van der Waals surface area contributed by atoms with Crippen LogP contribution in [0.5, 0.6) is 5.88 Å². The summed E-state index contributed by atoms with van der Waals surface area (Å²) in [7, 11) is 3.28. The monoisotopic (exact) mass is 460 g/mol. The molecule has 0 unspecified atom stereocenters. The van der Waals surface area contributed by atoms with E-state index in [2.05, 4.69) is 20.3 Å². The lowest BCUT2D eigenvalue weighted by atomic mass is 9.98. The number of carbonyl (C=O) groups excluding carboxylic acids is 1. The summed E-state index contributed by atoms with van der Waals surface area (Å²) in [5.41, 5.74) is 0.968. The Kier molecular flexibility index (Phi) is 7.09. The van der Waals surface area contributed by atoms with Crippen LogP contribution in [0.15, 0.2) is 6.20 Å². The summed E-state index contributed by atoms with van der Waals surface area (Å²) in [6.45, 7) is 1.84. The van der Waals surface area contributed by atoms with Crippen LogP contribution in [-0.2, 0) is 18.4 Å². The van der Waals surface area contributed by atoms with Crippen molar-refractivity contribution >= 4 is 6.09 Å². The molecule has 2 aliphatic rings. The van der Waals surface area contributed by atoms with Gasteiger partial charge in [-0.15, -0.1) is 5.10 Å². The van der Waals surface area contributed by atoms with Crippen molar-refractivity contribution in [3.05, 3.63) is 17.6 Å². The van der Waals surface area contributed by atoms with Crippen molar-refractivity contribution in [2.45, 2.75) is 83.1 Å². The minimum Gasteiger partial charge on any atom is -0.473 e. The van der Waals surface area contributed by atoms with Crippen LogP contribution in [0, 0.1) is 6.92 Å². The molecule has 0 N–H and O–H groups in total. The van der Waals surface area contributed by atoms with Crippen LogP contribution in [0.2, 0.25) is 0 Å². The van der Waals surface area contributed by atoms with E-state index in [1.54, 1.807) is 25.0 Å². The van der Waals surface area contributed by atoms with Gasteiger partial charge in [0.15, 0.2) is 0 Å². The molecule has 10 heteroatoms. The number of rotatable bonds is 7. The lowest BCUT2D eigenvalue weighted by molar-refractivity contribution is 0.0698. The summed E-state index contributed by atoms with van der Waals surface area (Å²) in [4.78, 5) is 22.8. The molecule has 0 atom stereocenters. The number of aryl methyl sites for hydroxylation is 2. The van der Waals surface area contributed by atoms with E-state index in [0.717, 1.165) is 25.7 Å². The number of alkyl halides is 1. The zero-order valence-corrected chi connectivity index (χ0v) is 19.7. The fourth-order valence-electron chi connectivity index (χ4n) is 4.68. The average Bonchev–Trinajstić information content (AvgIpc) is 3.39. The van der Waals surface area contributed by atoms with Crippen molar-refractivity contribution in [1.29, 1.82) is 0 Å². The number of ether oxygens (including phenoxy) is 2. The number of hydrogen-bond acceptors (Lipinski definition) is 7. The topological polar surface area (TPSA) is 95.3 Å². The number of aromatic nitrogens is 5. The Balaban J connectivity index is 1.41. The number of hydrogen-bond donors (Lipinski definition) is 0. The minimum absolute atomic E-state index is 0.0372. The first kappa shape index (κ1) is 23.4. The Bertz CT molecular complexity index is 969. The maximum atomic E-state index is 14.7. The summed E-state index contributed by atoms with van der Waals surface area (Å²) >= 11 is 0. The van der Waals surface area contributed by atoms with Gasteiger partial charge in [0.2, 0.25) is 5.88 Å². The van der Waals surface area contributed by atoms with Crippen molar-refractivity contribution in [1.82, 2.24) is 29.9 Å². The standard InChI is InChI=1S/C23H33FN6O3/c1-16-21(33-17-9-5-4-6-10-17)25-13-18(26-16)20-19(30(3)28-27-20)14-32-22(31)29(2)15-23(24)11-7-8-12-23/h13,17H,4-12,14-15H2,1-3H3. The first-order chi connectivity index (χ1) is 15.8. The molecule has 33 heavy (non-hydrogen) atoms. The maximum absolute atomic E-state index is 14.7. The number of nitrogens with zero attached hydrogens (tertiary/aromatic N) is 6. The van der Waals surface area contributed by atoms with Crippen molar-refractivity contribution in [3.63, 3.8) is 0 Å². The molecule has 4 rings (SSSR count). The predicted octanol–water partition coefficient (Wildman–Crippen LogP) is 4.14.